The van der Waals surface area contributed by atoms with Gasteiger partial charge in [0.05, 0.1) is 16.7 Å². The molecular weight excluding hydrogens is 410 g/mol. The molecule has 0 saturated carbocycles. The Morgan fingerprint density at radius 2 is 1.71 bits per heavy atom. The van der Waals surface area contributed by atoms with E-state index >= 15 is 0 Å². The van der Waals surface area contributed by atoms with E-state index < -0.39 is 0 Å². The van der Waals surface area contributed by atoms with Crippen LogP contribution in [0.15, 0.2) is 53.3 Å². The molecule has 6 nitrogen and oxygen atoms in total. The third-order valence-corrected chi connectivity index (χ3v) is 5.84. The maximum absolute atomic E-state index is 13.6. The summed E-state index contributed by atoms with van der Waals surface area (Å²) in [5.74, 6) is 0.684. The van der Waals surface area contributed by atoms with Gasteiger partial charge in [-0.25, -0.2) is 15.0 Å². The lowest BCUT2D eigenvalue weighted by molar-refractivity contribution is 0.570. The monoisotopic (exact) mass is 431 g/mol. The second-order valence-corrected chi connectivity index (χ2v) is 8.16. The van der Waals surface area contributed by atoms with Crippen molar-refractivity contribution in [2.45, 2.75) is 39.7 Å². The van der Waals surface area contributed by atoms with Gasteiger partial charge in [0.2, 0.25) is 0 Å². The maximum atomic E-state index is 13.6. The molecule has 5 aromatic rings. The molecule has 2 aromatic carbocycles. The van der Waals surface area contributed by atoms with Crippen LogP contribution in [0.1, 0.15) is 32.0 Å². The molecule has 0 bridgehead atoms. The normalized spacial score (nSPS) is 11.7. The summed E-state index contributed by atoms with van der Waals surface area (Å²) in [6.45, 7) is 4.67. The highest BCUT2D eigenvalue weighted by Crippen LogP contribution is 2.29. The molecule has 0 fully saturated rings. The second kappa shape index (κ2) is 7.78. The number of unbranched alkanes of at least 4 members (excludes halogenated alkanes) is 2. The Morgan fingerprint density at radius 1 is 0.935 bits per heavy atom. The average molecular weight is 432 g/mol. The number of para-hydroxylation sites is 2. The molecule has 0 N–H and O–H groups in total. The lowest BCUT2D eigenvalue weighted by Crippen LogP contribution is -2.24. The van der Waals surface area contributed by atoms with E-state index in [9.17, 15) is 4.79 Å². The number of nitrogens with zero attached hydrogens (tertiary/aromatic N) is 5. The lowest BCUT2D eigenvalue weighted by atomic mass is 10.2. The molecular formula is C24H22ClN5O. The smallest absolute Gasteiger partial charge is 0.265 e. The fraction of sp³-hybridized carbons (Fsp3) is 0.250. The van der Waals surface area contributed by atoms with Crippen molar-refractivity contribution in [3.63, 3.8) is 0 Å². The quantitative estimate of drug-likeness (QED) is 0.348. The first-order valence-electron chi connectivity index (χ1n) is 10.5. The van der Waals surface area contributed by atoms with Crippen LogP contribution in [0.3, 0.4) is 0 Å². The van der Waals surface area contributed by atoms with Crippen LogP contribution < -0.4 is 5.56 Å². The maximum Gasteiger partial charge on any atom is 0.265 e. The van der Waals surface area contributed by atoms with Crippen molar-refractivity contribution in [3.8, 4) is 5.69 Å². The summed E-state index contributed by atoms with van der Waals surface area (Å²) >= 11 is 6.28. The summed E-state index contributed by atoms with van der Waals surface area (Å²) in [5.41, 5.74) is 3.96. The van der Waals surface area contributed by atoms with Gasteiger partial charge in [-0.3, -0.25) is 13.9 Å². The lowest BCUT2D eigenvalue weighted by Gasteiger charge is -2.11. The minimum atomic E-state index is -0.0750. The third-order valence-electron chi connectivity index (χ3n) is 5.61. The van der Waals surface area contributed by atoms with Gasteiger partial charge in [-0.15, -0.1) is 0 Å². The van der Waals surface area contributed by atoms with Gasteiger partial charge in [-0.05, 0) is 43.7 Å². The Bertz CT molecular complexity index is 1500. The topological polar surface area (TPSA) is 65.6 Å². The van der Waals surface area contributed by atoms with E-state index in [2.05, 4.69) is 6.92 Å². The largest absolute Gasteiger partial charge is 0.296 e. The fourth-order valence-corrected chi connectivity index (χ4v) is 4.26. The van der Waals surface area contributed by atoms with Crippen molar-refractivity contribution in [2.75, 3.05) is 0 Å². The summed E-state index contributed by atoms with van der Waals surface area (Å²) in [6, 6.07) is 15.2. The van der Waals surface area contributed by atoms with E-state index in [0.717, 1.165) is 36.0 Å². The van der Waals surface area contributed by atoms with Crippen molar-refractivity contribution in [1.29, 1.82) is 0 Å². The number of hydrogen-bond acceptors (Lipinski definition) is 4. The molecule has 3 aromatic heterocycles. The van der Waals surface area contributed by atoms with Crippen LogP contribution in [-0.2, 0) is 6.54 Å². The average Bonchev–Trinajstić information content (AvgIpc) is 3.07. The van der Waals surface area contributed by atoms with Crippen LogP contribution in [0, 0.1) is 6.92 Å². The van der Waals surface area contributed by atoms with Crippen LogP contribution in [-0.4, -0.2) is 24.1 Å². The van der Waals surface area contributed by atoms with Gasteiger partial charge in [-0.1, -0.05) is 49.6 Å². The summed E-state index contributed by atoms with van der Waals surface area (Å²) in [4.78, 5) is 28.2. The molecule has 7 heteroatoms. The highest BCUT2D eigenvalue weighted by molar-refractivity contribution is 6.30. The first-order chi connectivity index (χ1) is 15.1. The Kier molecular flexibility index (Phi) is 4.94. The predicted octanol–water partition coefficient (Wildman–Crippen LogP) is 5.44. The minimum Gasteiger partial charge on any atom is -0.296 e. The molecule has 0 radical (unpaired) electrons. The summed E-state index contributed by atoms with van der Waals surface area (Å²) in [7, 11) is 0. The Hall–Kier alpha value is -3.25. The molecule has 156 valence electrons. The first-order valence-corrected chi connectivity index (χ1v) is 10.9. The summed E-state index contributed by atoms with van der Waals surface area (Å²) in [5, 5.41) is 1.10. The number of rotatable bonds is 5. The van der Waals surface area contributed by atoms with Gasteiger partial charge in [0, 0.05) is 11.6 Å². The minimum absolute atomic E-state index is 0.0750. The molecule has 3 heterocycles. The van der Waals surface area contributed by atoms with Crippen molar-refractivity contribution in [2.24, 2.45) is 0 Å². The van der Waals surface area contributed by atoms with Crippen molar-refractivity contribution in [3.05, 3.63) is 69.7 Å². The van der Waals surface area contributed by atoms with Gasteiger partial charge in [0.25, 0.3) is 5.56 Å². The molecule has 5 rings (SSSR count). The van der Waals surface area contributed by atoms with Crippen LogP contribution in [0.4, 0.5) is 0 Å². The second-order valence-electron chi connectivity index (χ2n) is 7.72. The molecule has 0 spiro atoms. The molecule has 0 aliphatic carbocycles. The van der Waals surface area contributed by atoms with E-state index in [1.54, 1.807) is 4.57 Å². The van der Waals surface area contributed by atoms with Crippen LogP contribution >= 0.6 is 11.6 Å². The van der Waals surface area contributed by atoms with E-state index in [4.69, 9.17) is 26.6 Å². The summed E-state index contributed by atoms with van der Waals surface area (Å²) in [6.07, 6.45) is 3.10. The molecule has 0 aliphatic heterocycles. The molecule has 0 amide bonds. The third kappa shape index (κ3) is 3.27. The number of halogens is 1. The van der Waals surface area contributed by atoms with Crippen LogP contribution in [0.5, 0.6) is 0 Å². The zero-order chi connectivity index (χ0) is 21.5. The Balaban J connectivity index is 1.91. The standard InChI is InChI=1S/C24H22ClN5O/c1-3-4-7-13-29-15(2)26-22-20(24(29)31)21-23(28-19-12-6-5-11-18(19)27-21)30(22)17-10-8-9-16(25)14-17/h5-6,8-12,14H,3-4,7,13H2,1-2H3. The number of aromatic nitrogens is 5. The molecule has 0 saturated heterocycles. The van der Waals surface area contributed by atoms with E-state index in [1.807, 2.05) is 60.0 Å². The zero-order valence-corrected chi connectivity index (χ0v) is 18.2. The highest BCUT2D eigenvalue weighted by Gasteiger charge is 2.22. The Labute approximate surface area is 184 Å². The first kappa shape index (κ1) is 19.7. The van der Waals surface area contributed by atoms with Gasteiger partial charge < -0.3 is 0 Å². The van der Waals surface area contributed by atoms with E-state index in [-0.39, 0.29) is 5.56 Å². The zero-order valence-electron chi connectivity index (χ0n) is 17.5. The highest BCUT2D eigenvalue weighted by atomic mass is 35.5. The summed E-state index contributed by atoms with van der Waals surface area (Å²) < 4.78 is 3.65. The molecule has 0 unspecified atom stereocenters. The van der Waals surface area contributed by atoms with E-state index in [0.29, 0.717) is 39.6 Å². The fourth-order valence-electron chi connectivity index (χ4n) is 4.07. The van der Waals surface area contributed by atoms with Crippen molar-refractivity contribution in [1.82, 2.24) is 24.1 Å². The number of fused-ring (bicyclic) bond motifs is 4. The SMILES string of the molecule is CCCCCn1c(C)nc2c(c1=O)c1nc3ccccc3nc1n2-c1cccc(Cl)c1. The van der Waals surface area contributed by atoms with Crippen molar-refractivity contribution >= 4 is 44.8 Å². The Morgan fingerprint density at radius 3 is 2.45 bits per heavy atom. The van der Waals surface area contributed by atoms with Gasteiger partial charge >= 0.3 is 0 Å². The van der Waals surface area contributed by atoms with Crippen molar-refractivity contribution < 1.29 is 0 Å². The number of benzene rings is 2. The molecule has 0 aliphatic rings. The van der Waals surface area contributed by atoms with Gasteiger partial charge in [-0.2, -0.15) is 0 Å². The van der Waals surface area contributed by atoms with Gasteiger partial charge in [0.1, 0.15) is 16.7 Å². The number of aryl methyl sites for hydroxylation is 1. The van der Waals surface area contributed by atoms with Crippen LogP contribution in [0.2, 0.25) is 5.02 Å². The molecule has 31 heavy (non-hydrogen) atoms. The van der Waals surface area contributed by atoms with Gasteiger partial charge in [0.15, 0.2) is 11.3 Å². The number of hydrogen-bond donors (Lipinski definition) is 0. The molecule has 0 atom stereocenters. The van der Waals surface area contributed by atoms with Crippen LogP contribution in [0.25, 0.3) is 38.9 Å². The predicted molar refractivity (Wildman–Crippen MR) is 125 cm³/mol. The van der Waals surface area contributed by atoms with E-state index in [1.165, 1.54) is 0 Å².